The van der Waals surface area contributed by atoms with Crippen LogP contribution < -0.4 is 4.90 Å². The molecular formula is C14H14F3N3O2S2. The third kappa shape index (κ3) is 3.40. The van der Waals surface area contributed by atoms with Crippen LogP contribution in [-0.4, -0.2) is 43.9 Å². The second kappa shape index (κ2) is 6.34. The van der Waals surface area contributed by atoms with Crippen molar-refractivity contribution in [2.75, 3.05) is 31.1 Å². The predicted octanol–water partition coefficient (Wildman–Crippen LogP) is 2.67. The van der Waals surface area contributed by atoms with Crippen LogP contribution in [0.2, 0.25) is 0 Å². The fraction of sp³-hybridized carbons (Fsp3) is 0.357. The molecule has 0 bridgehead atoms. The van der Waals surface area contributed by atoms with Crippen LogP contribution >= 0.6 is 11.3 Å². The third-order valence-corrected chi connectivity index (χ3v) is 6.49. The van der Waals surface area contributed by atoms with Crippen molar-refractivity contribution in [1.82, 2.24) is 9.29 Å². The second-order valence-corrected chi connectivity index (χ2v) is 8.04. The van der Waals surface area contributed by atoms with E-state index in [1.807, 2.05) is 10.3 Å². The summed E-state index contributed by atoms with van der Waals surface area (Å²) in [7, 11) is -3.79. The van der Waals surface area contributed by atoms with Crippen molar-refractivity contribution in [3.05, 3.63) is 41.4 Å². The molecule has 130 valence electrons. The Morgan fingerprint density at radius 1 is 1.04 bits per heavy atom. The minimum atomic E-state index is -4.48. The van der Waals surface area contributed by atoms with Gasteiger partial charge in [0, 0.05) is 37.8 Å². The highest BCUT2D eigenvalue weighted by molar-refractivity contribution is 7.89. The quantitative estimate of drug-likeness (QED) is 0.825. The number of nitrogens with zero attached hydrogens (tertiary/aromatic N) is 3. The molecule has 2 aromatic rings. The maximum atomic E-state index is 12.6. The van der Waals surface area contributed by atoms with Crippen LogP contribution in [-0.2, 0) is 16.2 Å². The number of sulfonamides is 1. The first-order valence-electron chi connectivity index (χ1n) is 7.10. The standard InChI is InChI=1S/C14H14F3N3O2S2/c15-14(16,17)11-1-3-12(4-2-11)24(21,22)20-8-6-19(7-9-20)13-18-5-10-23-13/h1-5,10H,6-9H2. The lowest BCUT2D eigenvalue weighted by Gasteiger charge is -2.33. The van der Waals surface area contributed by atoms with E-state index in [0.717, 1.165) is 29.4 Å². The van der Waals surface area contributed by atoms with Crippen LogP contribution in [0.15, 0.2) is 40.7 Å². The average molecular weight is 377 g/mol. The third-order valence-electron chi connectivity index (χ3n) is 3.75. The number of hydrogen-bond acceptors (Lipinski definition) is 5. The van der Waals surface area contributed by atoms with Crippen molar-refractivity contribution in [1.29, 1.82) is 0 Å². The van der Waals surface area contributed by atoms with E-state index in [2.05, 4.69) is 4.98 Å². The number of rotatable bonds is 3. The number of hydrogen-bond donors (Lipinski definition) is 0. The summed E-state index contributed by atoms with van der Waals surface area (Å²) in [5.41, 5.74) is -0.866. The summed E-state index contributed by atoms with van der Waals surface area (Å²) in [6.07, 6.45) is -2.80. The van der Waals surface area contributed by atoms with Crippen LogP contribution in [0.3, 0.4) is 0 Å². The molecule has 1 saturated heterocycles. The van der Waals surface area contributed by atoms with Crippen molar-refractivity contribution in [2.45, 2.75) is 11.1 Å². The van der Waals surface area contributed by atoms with Gasteiger partial charge in [-0.3, -0.25) is 0 Å². The van der Waals surface area contributed by atoms with E-state index in [1.54, 1.807) is 6.20 Å². The lowest BCUT2D eigenvalue weighted by atomic mass is 10.2. The number of piperazine rings is 1. The summed E-state index contributed by atoms with van der Waals surface area (Å²) in [5, 5.41) is 2.68. The Labute approximate surface area is 141 Å². The minimum absolute atomic E-state index is 0.127. The monoisotopic (exact) mass is 377 g/mol. The van der Waals surface area contributed by atoms with Crippen molar-refractivity contribution >= 4 is 26.5 Å². The molecule has 10 heteroatoms. The van der Waals surface area contributed by atoms with Gasteiger partial charge >= 0.3 is 6.18 Å². The Morgan fingerprint density at radius 3 is 2.17 bits per heavy atom. The van der Waals surface area contributed by atoms with Gasteiger partial charge in [-0.25, -0.2) is 13.4 Å². The molecule has 0 atom stereocenters. The molecule has 24 heavy (non-hydrogen) atoms. The van der Waals surface area contributed by atoms with Gasteiger partial charge in [0.2, 0.25) is 10.0 Å². The van der Waals surface area contributed by atoms with Gasteiger partial charge in [-0.2, -0.15) is 17.5 Å². The Morgan fingerprint density at radius 2 is 1.67 bits per heavy atom. The first kappa shape index (κ1) is 17.2. The number of halogens is 3. The molecule has 2 heterocycles. The Hall–Kier alpha value is -1.65. The summed E-state index contributed by atoms with van der Waals surface area (Å²) in [6.45, 7) is 1.52. The van der Waals surface area contributed by atoms with Crippen LogP contribution in [0, 0.1) is 0 Å². The maximum Gasteiger partial charge on any atom is 0.416 e. The predicted molar refractivity (Wildman–Crippen MR) is 84.5 cm³/mol. The fourth-order valence-corrected chi connectivity index (χ4v) is 4.58. The summed E-state index contributed by atoms with van der Waals surface area (Å²) in [5.74, 6) is 0. The summed E-state index contributed by atoms with van der Waals surface area (Å²) in [6, 6.07) is 3.59. The van der Waals surface area contributed by atoms with Crippen molar-refractivity contribution < 1.29 is 21.6 Å². The van der Waals surface area contributed by atoms with E-state index in [0.29, 0.717) is 13.1 Å². The largest absolute Gasteiger partial charge is 0.416 e. The van der Waals surface area contributed by atoms with Crippen molar-refractivity contribution in [3.63, 3.8) is 0 Å². The number of anilines is 1. The topological polar surface area (TPSA) is 53.5 Å². The molecule has 5 nitrogen and oxygen atoms in total. The smallest absolute Gasteiger partial charge is 0.345 e. The average Bonchev–Trinajstić information content (AvgIpc) is 3.09. The van der Waals surface area contributed by atoms with Gasteiger partial charge in [-0.05, 0) is 24.3 Å². The Balaban J connectivity index is 1.72. The van der Waals surface area contributed by atoms with E-state index in [-0.39, 0.29) is 18.0 Å². The first-order valence-corrected chi connectivity index (χ1v) is 9.42. The molecule has 0 unspecified atom stereocenters. The van der Waals surface area contributed by atoms with Gasteiger partial charge in [0.15, 0.2) is 5.13 Å². The maximum absolute atomic E-state index is 12.6. The highest BCUT2D eigenvalue weighted by atomic mass is 32.2. The number of benzene rings is 1. The van der Waals surface area contributed by atoms with Gasteiger partial charge in [0.1, 0.15) is 0 Å². The molecule has 1 aromatic heterocycles. The minimum Gasteiger partial charge on any atom is -0.345 e. The fourth-order valence-electron chi connectivity index (χ4n) is 2.46. The Kier molecular flexibility index (Phi) is 4.54. The zero-order chi connectivity index (χ0) is 17.4. The lowest BCUT2D eigenvalue weighted by molar-refractivity contribution is -0.137. The van der Waals surface area contributed by atoms with Gasteiger partial charge in [0.05, 0.1) is 10.5 Å². The van der Waals surface area contributed by atoms with Gasteiger partial charge < -0.3 is 4.90 Å². The van der Waals surface area contributed by atoms with Crippen LogP contribution in [0.25, 0.3) is 0 Å². The molecule has 1 fully saturated rings. The summed E-state index contributed by atoms with van der Waals surface area (Å²) in [4.78, 5) is 6.05. The molecule has 0 amide bonds. The molecule has 0 spiro atoms. The zero-order valence-electron chi connectivity index (χ0n) is 12.4. The highest BCUT2D eigenvalue weighted by Gasteiger charge is 2.32. The van der Waals surface area contributed by atoms with E-state index >= 15 is 0 Å². The molecule has 1 aliphatic rings. The Bertz CT molecular complexity index is 782. The van der Waals surface area contributed by atoms with Crippen molar-refractivity contribution in [2.24, 2.45) is 0 Å². The summed E-state index contributed by atoms with van der Waals surface area (Å²) < 4.78 is 64.1. The molecule has 3 rings (SSSR count). The van der Waals surface area contributed by atoms with Gasteiger partial charge in [-0.15, -0.1) is 11.3 Å². The van der Waals surface area contributed by atoms with Crippen LogP contribution in [0.5, 0.6) is 0 Å². The molecule has 1 aliphatic heterocycles. The van der Waals surface area contributed by atoms with E-state index in [1.165, 1.54) is 15.6 Å². The van der Waals surface area contributed by atoms with E-state index < -0.39 is 21.8 Å². The molecule has 0 aliphatic carbocycles. The zero-order valence-corrected chi connectivity index (χ0v) is 14.0. The van der Waals surface area contributed by atoms with Gasteiger partial charge in [0.25, 0.3) is 0 Å². The molecule has 0 radical (unpaired) electrons. The number of aromatic nitrogens is 1. The normalized spacial score (nSPS) is 17.2. The lowest BCUT2D eigenvalue weighted by Crippen LogP contribution is -2.48. The second-order valence-electron chi connectivity index (χ2n) is 5.23. The molecule has 0 N–H and O–H groups in total. The first-order chi connectivity index (χ1) is 11.3. The summed E-state index contributed by atoms with van der Waals surface area (Å²) >= 11 is 1.48. The molecule has 0 saturated carbocycles. The van der Waals surface area contributed by atoms with Crippen LogP contribution in [0.1, 0.15) is 5.56 Å². The van der Waals surface area contributed by atoms with Crippen molar-refractivity contribution in [3.8, 4) is 0 Å². The number of alkyl halides is 3. The van der Waals surface area contributed by atoms with E-state index in [4.69, 9.17) is 0 Å². The SMILES string of the molecule is O=S(=O)(c1ccc(C(F)(F)F)cc1)N1CCN(c2nccs2)CC1. The van der Waals surface area contributed by atoms with E-state index in [9.17, 15) is 21.6 Å². The molecule has 1 aromatic carbocycles. The highest BCUT2D eigenvalue weighted by Crippen LogP contribution is 2.30. The van der Waals surface area contributed by atoms with Gasteiger partial charge in [-0.1, -0.05) is 0 Å². The van der Waals surface area contributed by atoms with Crippen LogP contribution in [0.4, 0.5) is 18.3 Å². The number of thiazole rings is 1. The molecular weight excluding hydrogens is 363 g/mol.